The zero-order valence-electron chi connectivity index (χ0n) is 26.0. The number of benzene rings is 4. The average molecular weight is 681 g/mol. The summed E-state index contributed by atoms with van der Waals surface area (Å²) in [6.45, 7) is 2.19. The predicted molar refractivity (Wildman–Crippen MR) is 164 cm³/mol. The highest BCUT2D eigenvalue weighted by Crippen LogP contribution is 2.41. The predicted octanol–water partition coefficient (Wildman–Crippen LogP) is 12.5. The standard InChI is InChI=1S/C37H33F9O2/c1-2-3-4-5-22-6-8-23(9-7-22)26-14-16-29(30(38)18-26)25-12-10-24(11-13-25)27-19-32(40)35(33(41)20-27)36(42,43)47-28-15-17-34(31(39)21-28)48-37(44,45)46/h10-23H,2-9H2,1H3. The van der Waals surface area contributed by atoms with E-state index in [2.05, 4.69) is 16.4 Å². The molecule has 0 atom stereocenters. The van der Waals surface area contributed by atoms with Gasteiger partial charge in [-0.05, 0) is 90.1 Å². The Morgan fingerprint density at radius 2 is 1.27 bits per heavy atom. The quantitative estimate of drug-likeness (QED) is 0.116. The summed E-state index contributed by atoms with van der Waals surface area (Å²) in [6.07, 6.45) is -0.611. The fourth-order valence-corrected chi connectivity index (χ4v) is 6.30. The van der Waals surface area contributed by atoms with Crippen LogP contribution in [0.5, 0.6) is 11.5 Å². The van der Waals surface area contributed by atoms with E-state index in [0.717, 1.165) is 37.2 Å². The zero-order valence-corrected chi connectivity index (χ0v) is 26.0. The molecule has 2 nitrogen and oxygen atoms in total. The molecule has 5 rings (SSSR count). The molecular formula is C37H33F9O2. The topological polar surface area (TPSA) is 18.5 Å². The minimum atomic E-state index is -5.24. The fraction of sp³-hybridized carbons (Fsp3) is 0.351. The molecule has 0 aromatic heterocycles. The average Bonchev–Trinajstić information content (AvgIpc) is 3.02. The Kier molecular flexibility index (Phi) is 10.7. The van der Waals surface area contributed by atoms with Crippen LogP contribution in [0.15, 0.2) is 72.8 Å². The molecule has 1 fully saturated rings. The van der Waals surface area contributed by atoms with Crippen LogP contribution in [0.1, 0.15) is 75.3 Å². The smallest absolute Gasteiger partial charge is 0.429 e. The van der Waals surface area contributed by atoms with Crippen molar-refractivity contribution in [3.63, 3.8) is 0 Å². The van der Waals surface area contributed by atoms with Gasteiger partial charge in [0.2, 0.25) is 0 Å². The Morgan fingerprint density at radius 3 is 1.85 bits per heavy atom. The van der Waals surface area contributed by atoms with Gasteiger partial charge in [0, 0.05) is 11.6 Å². The van der Waals surface area contributed by atoms with Crippen molar-refractivity contribution >= 4 is 0 Å². The first-order valence-corrected chi connectivity index (χ1v) is 15.8. The van der Waals surface area contributed by atoms with E-state index in [4.69, 9.17) is 0 Å². The lowest BCUT2D eigenvalue weighted by Crippen LogP contribution is -2.25. The lowest BCUT2D eigenvalue weighted by atomic mass is 9.77. The first-order chi connectivity index (χ1) is 22.7. The van der Waals surface area contributed by atoms with E-state index in [1.165, 1.54) is 37.8 Å². The number of ether oxygens (including phenoxy) is 2. The molecule has 0 aliphatic heterocycles. The van der Waals surface area contributed by atoms with Gasteiger partial charge in [0.05, 0.1) is 0 Å². The third kappa shape index (κ3) is 8.46. The van der Waals surface area contributed by atoms with Crippen LogP contribution >= 0.6 is 0 Å². The molecule has 48 heavy (non-hydrogen) atoms. The molecule has 4 aromatic carbocycles. The van der Waals surface area contributed by atoms with E-state index >= 15 is 4.39 Å². The highest BCUT2D eigenvalue weighted by molar-refractivity contribution is 5.71. The second kappa shape index (κ2) is 14.5. The van der Waals surface area contributed by atoms with Crippen molar-refractivity contribution in [1.29, 1.82) is 0 Å². The molecular weight excluding hydrogens is 647 g/mol. The van der Waals surface area contributed by atoms with Crippen LogP contribution in [0.3, 0.4) is 0 Å². The third-order valence-corrected chi connectivity index (χ3v) is 8.76. The fourth-order valence-electron chi connectivity index (χ4n) is 6.30. The van der Waals surface area contributed by atoms with Gasteiger partial charge in [-0.15, -0.1) is 13.2 Å². The van der Waals surface area contributed by atoms with E-state index in [0.29, 0.717) is 41.3 Å². The second-order valence-corrected chi connectivity index (χ2v) is 12.1. The van der Waals surface area contributed by atoms with Crippen molar-refractivity contribution < 1.29 is 49.0 Å². The van der Waals surface area contributed by atoms with E-state index < -0.39 is 52.8 Å². The molecule has 0 N–H and O–H groups in total. The highest BCUT2D eigenvalue weighted by Gasteiger charge is 2.41. The second-order valence-electron chi connectivity index (χ2n) is 12.1. The monoisotopic (exact) mass is 680 g/mol. The molecule has 0 unspecified atom stereocenters. The summed E-state index contributed by atoms with van der Waals surface area (Å²) in [7, 11) is 0. The lowest BCUT2D eigenvalue weighted by molar-refractivity contribution is -0.275. The molecule has 0 saturated heterocycles. The van der Waals surface area contributed by atoms with Crippen LogP contribution in [-0.2, 0) is 6.11 Å². The van der Waals surface area contributed by atoms with E-state index in [-0.39, 0.29) is 17.2 Å². The normalized spacial score (nSPS) is 17.0. The van der Waals surface area contributed by atoms with Gasteiger partial charge < -0.3 is 9.47 Å². The third-order valence-electron chi connectivity index (χ3n) is 8.76. The Morgan fingerprint density at radius 1 is 0.625 bits per heavy atom. The zero-order chi connectivity index (χ0) is 34.6. The van der Waals surface area contributed by atoms with E-state index in [9.17, 15) is 35.1 Å². The molecule has 0 radical (unpaired) electrons. The van der Waals surface area contributed by atoms with Crippen molar-refractivity contribution in [1.82, 2.24) is 0 Å². The maximum Gasteiger partial charge on any atom is 0.573 e. The Balaban J connectivity index is 1.27. The Labute approximate surface area is 272 Å². The van der Waals surface area contributed by atoms with Gasteiger partial charge in [-0.25, -0.2) is 17.6 Å². The van der Waals surface area contributed by atoms with Gasteiger partial charge in [0.25, 0.3) is 0 Å². The van der Waals surface area contributed by atoms with Gasteiger partial charge in [-0.1, -0.05) is 69.0 Å². The van der Waals surface area contributed by atoms with Crippen LogP contribution < -0.4 is 9.47 Å². The number of rotatable bonds is 11. The minimum absolute atomic E-state index is 0.100. The van der Waals surface area contributed by atoms with Crippen molar-refractivity contribution in [2.75, 3.05) is 0 Å². The van der Waals surface area contributed by atoms with Gasteiger partial charge >= 0.3 is 12.5 Å². The molecule has 0 heterocycles. The minimum Gasteiger partial charge on any atom is -0.429 e. The maximum atomic E-state index is 15.3. The summed E-state index contributed by atoms with van der Waals surface area (Å²) in [5.41, 5.74) is 0.186. The molecule has 1 saturated carbocycles. The first-order valence-electron chi connectivity index (χ1n) is 15.8. The van der Waals surface area contributed by atoms with Crippen molar-refractivity contribution in [3.05, 3.63) is 107 Å². The van der Waals surface area contributed by atoms with Crippen molar-refractivity contribution in [3.8, 4) is 33.8 Å². The summed E-state index contributed by atoms with van der Waals surface area (Å²) in [5.74, 6) is -6.72. The molecule has 0 spiro atoms. The molecule has 4 aromatic rings. The van der Waals surface area contributed by atoms with Crippen LogP contribution in [0.4, 0.5) is 39.5 Å². The maximum absolute atomic E-state index is 15.3. The Hall–Kier alpha value is -4.15. The van der Waals surface area contributed by atoms with E-state index in [1.807, 2.05) is 6.07 Å². The largest absolute Gasteiger partial charge is 0.573 e. The molecule has 1 aliphatic rings. The SMILES string of the molecule is CCCCCC1CCC(c2ccc(-c3ccc(-c4cc(F)c(C(F)(F)Oc5ccc(OC(F)(F)F)c(F)c5)c(F)c4)cc3)c(F)c2)CC1. The number of hydrogen-bond donors (Lipinski definition) is 0. The number of halogens is 9. The molecule has 0 bridgehead atoms. The molecule has 11 heteroatoms. The van der Waals surface area contributed by atoms with Crippen molar-refractivity contribution in [2.24, 2.45) is 5.92 Å². The summed E-state index contributed by atoms with van der Waals surface area (Å²) >= 11 is 0. The summed E-state index contributed by atoms with van der Waals surface area (Å²) in [6, 6.07) is 13.6. The summed E-state index contributed by atoms with van der Waals surface area (Å²) in [5, 5.41) is 0. The number of unbranched alkanes of at least 4 members (excludes halogenated alkanes) is 2. The van der Waals surface area contributed by atoms with Crippen LogP contribution in [0, 0.1) is 29.2 Å². The highest BCUT2D eigenvalue weighted by atomic mass is 19.4. The summed E-state index contributed by atoms with van der Waals surface area (Å²) in [4.78, 5) is 0. The summed E-state index contributed by atoms with van der Waals surface area (Å²) < 4.78 is 133. The molecule has 0 amide bonds. The van der Waals surface area contributed by atoms with Crippen LogP contribution in [0.25, 0.3) is 22.3 Å². The Bertz CT molecular complexity index is 1690. The van der Waals surface area contributed by atoms with Gasteiger partial charge in [0.1, 0.15) is 28.8 Å². The number of alkyl halides is 5. The number of hydrogen-bond acceptors (Lipinski definition) is 2. The molecule has 1 aliphatic carbocycles. The van der Waals surface area contributed by atoms with Crippen LogP contribution in [0.2, 0.25) is 0 Å². The van der Waals surface area contributed by atoms with Crippen LogP contribution in [-0.4, -0.2) is 6.36 Å². The first kappa shape index (κ1) is 35.2. The van der Waals surface area contributed by atoms with Gasteiger partial charge in [-0.3, -0.25) is 0 Å². The van der Waals surface area contributed by atoms with Crippen molar-refractivity contribution in [2.45, 2.75) is 76.7 Å². The van der Waals surface area contributed by atoms with Gasteiger partial charge in [0.15, 0.2) is 11.6 Å². The van der Waals surface area contributed by atoms with E-state index in [1.54, 1.807) is 24.3 Å². The molecule has 256 valence electrons. The van der Waals surface area contributed by atoms with Gasteiger partial charge in [-0.2, -0.15) is 8.78 Å². The lowest BCUT2D eigenvalue weighted by Gasteiger charge is -2.29.